The number of carbonyl (C=O) groups is 1. The number of oxime groups is 1. The van der Waals surface area contributed by atoms with E-state index in [0.29, 0.717) is 36.1 Å². The Bertz CT molecular complexity index is 523. The van der Waals surface area contributed by atoms with Gasteiger partial charge in [-0.15, -0.1) is 0 Å². The zero-order valence-corrected chi connectivity index (χ0v) is 13.6. The van der Waals surface area contributed by atoms with Crippen LogP contribution in [0.2, 0.25) is 0 Å². The van der Waals surface area contributed by atoms with Gasteiger partial charge in [-0.1, -0.05) is 11.2 Å². The third kappa shape index (κ3) is 6.88. The molecule has 0 aromatic heterocycles. The van der Waals surface area contributed by atoms with Crippen molar-refractivity contribution in [3.8, 4) is 5.75 Å². The monoisotopic (exact) mass is 373 g/mol. The number of phenols is 1. The second-order valence-electron chi connectivity index (χ2n) is 4.80. The summed E-state index contributed by atoms with van der Waals surface area (Å²) in [5.74, 6) is -0.230. The molecule has 0 radical (unpaired) electrons. The van der Waals surface area contributed by atoms with Crippen molar-refractivity contribution in [2.24, 2.45) is 5.16 Å². The van der Waals surface area contributed by atoms with Crippen molar-refractivity contribution in [2.75, 3.05) is 13.1 Å². The number of phenolic OH excluding ortho intramolecular Hbond substituents is 1. The lowest BCUT2D eigenvalue weighted by molar-refractivity contribution is -0.129. The molecule has 1 aromatic rings. The Morgan fingerprint density at radius 3 is 2.73 bits per heavy atom. The topological polar surface area (TPSA) is 114 Å². The van der Waals surface area contributed by atoms with E-state index in [2.05, 4.69) is 26.4 Å². The maximum Gasteiger partial charge on any atom is 0.243 e. The minimum Gasteiger partial charge on any atom is -0.507 e. The van der Waals surface area contributed by atoms with E-state index >= 15 is 0 Å². The number of halogens is 1. The van der Waals surface area contributed by atoms with Crippen LogP contribution in [-0.2, 0) is 11.2 Å². The molecule has 0 unspecified atom stereocenters. The number of nitrogens with one attached hydrogen (secondary N) is 2. The van der Waals surface area contributed by atoms with Gasteiger partial charge in [0.15, 0.2) is 0 Å². The van der Waals surface area contributed by atoms with Gasteiger partial charge >= 0.3 is 0 Å². The Kier molecular flexibility index (Phi) is 8.49. The van der Waals surface area contributed by atoms with Crippen LogP contribution in [-0.4, -0.2) is 40.2 Å². The first kappa shape index (κ1) is 18.4. The smallest absolute Gasteiger partial charge is 0.243 e. The summed E-state index contributed by atoms with van der Waals surface area (Å²) in [4.78, 5) is 10.8. The first-order valence-electron chi connectivity index (χ1n) is 6.87. The number of hydrogen-bond donors (Lipinski definition) is 5. The third-order valence-electron chi connectivity index (χ3n) is 3.02. The number of unbranched alkanes of at least 4 members (excludes halogenated alkanes) is 1. The molecule has 0 fully saturated rings. The van der Waals surface area contributed by atoms with Crippen LogP contribution >= 0.6 is 15.9 Å². The van der Waals surface area contributed by atoms with Crippen molar-refractivity contribution < 1.29 is 20.3 Å². The number of benzene rings is 1. The summed E-state index contributed by atoms with van der Waals surface area (Å²) in [5.41, 5.74) is 3.08. The molecule has 122 valence electrons. The van der Waals surface area contributed by atoms with Crippen LogP contribution in [0.4, 0.5) is 0 Å². The maximum atomic E-state index is 10.8. The lowest BCUT2D eigenvalue weighted by Crippen LogP contribution is -2.26. The molecule has 0 aliphatic heterocycles. The summed E-state index contributed by atoms with van der Waals surface area (Å²) in [6.45, 7) is 1.11. The van der Waals surface area contributed by atoms with Crippen molar-refractivity contribution in [3.63, 3.8) is 0 Å². The summed E-state index contributed by atoms with van der Waals surface area (Å²) in [7, 11) is 0. The van der Waals surface area contributed by atoms with Crippen molar-refractivity contribution in [1.82, 2.24) is 10.8 Å². The van der Waals surface area contributed by atoms with Gasteiger partial charge in [-0.25, -0.2) is 5.48 Å². The number of hydroxylamine groups is 1. The second kappa shape index (κ2) is 10.1. The first-order chi connectivity index (χ1) is 10.6. The highest BCUT2D eigenvalue weighted by atomic mass is 79.9. The van der Waals surface area contributed by atoms with Gasteiger partial charge < -0.3 is 15.6 Å². The SMILES string of the molecule is O=C(CCCCNC/C(Cc1ccc(O)c(Br)c1)=N/O)NO. The van der Waals surface area contributed by atoms with Gasteiger partial charge in [0.2, 0.25) is 5.91 Å². The van der Waals surface area contributed by atoms with Gasteiger partial charge in [-0.3, -0.25) is 10.0 Å². The fraction of sp³-hybridized carbons (Fsp3) is 0.429. The molecule has 0 spiro atoms. The van der Waals surface area contributed by atoms with Crippen LogP contribution in [0.25, 0.3) is 0 Å². The summed E-state index contributed by atoms with van der Waals surface area (Å²) >= 11 is 3.24. The largest absolute Gasteiger partial charge is 0.507 e. The Balaban J connectivity index is 2.28. The fourth-order valence-electron chi connectivity index (χ4n) is 1.85. The van der Waals surface area contributed by atoms with Gasteiger partial charge in [0.1, 0.15) is 5.75 Å². The van der Waals surface area contributed by atoms with Gasteiger partial charge in [0.05, 0.1) is 10.2 Å². The van der Waals surface area contributed by atoms with Crippen molar-refractivity contribution in [3.05, 3.63) is 28.2 Å². The molecule has 5 N–H and O–H groups in total. The normalized spacial score (nSPS) is 11.5. The molecular formula is C14H20BrN3O4. The highest BCUT2D eigenvalue weighted by molar-refractivity contribution is 9.10. The Morgan fingerprint density at radius 2 is 2.09 bits per heavy atom. The molecule has 0 saturated heterocycles. The molecule has 0 atom stereocenters. The van der Waals surface area contributed by atoms with Crippen LogP contribution in [0.15, 0.2) is 27.8 Å². The quantitative estimate of drug-likeness (QED) is 0.149. The minimum absolute atomic E-state index is 0.163. The lowest BCUT2D eigenvalue weighted by atomic mass is 10.1. The minimum atomic E-state index is -0.393. The number of amides is 1. The summed E-state index contributed by atoms with van der Waals surface area (Å²) < 4.78 is 0.595. The Morgan fingerprint density at radius 1 is 1.32 bits per heavy atom. The van der Waals surface area contributed by atoms with Gasteiger partial charge in [-0.2, -0.15) is 0 Å². The predicted octanol–water partition coefficient (Wildman–Crippen LogP) is 1.79. The molecule has 1 amide bonds. The zero-order valence-electron chi connectivity index (χ0n) is 12.0. The Labute approximate surface area is 137 Å². The third-order valence-corrected chi connectivity index (χ3v) is 3.66. The highest BCUT2D eigenvalue weighted by Crippen LogP contribution is 2.24. The molecule has 1 rings (SSSR count). The Hall–Kier alpha value is -1.64. The number of rotatable bonds is 9. The van der Waals surface area contributed by atoms with Gasteiger partial charge in [-0.05, 0) is 53.0 Å². The molecule has 0 aliphatic carbocycles. The van der Waals surface area contributed by atoms with Crippen molar-refractivity contribution in [1.29, 1.82) is 0 Å². The van der Waals surface area contributed by atoms with Crippen LogP contribution in [0.5, 0.6) is 5.75 Å². The standard InChI is InChI=1S/C14H20BrN3O4/c15-12-8-10(4-5-13(12)19)7-11(17-21)9-16-6-2-1-3-14(20)18-22/h4-5,8,16,19,21-22H,1-3,6-7,9H2,(H,18,20)/b17-11+. The van der Waals surface area contributed by atoms with Crippen molar-refractivity contribution in [2.45, 2.75) is 25.7 Å². The second-order valence-corrected chi connectivity index (χ2v) is 5.65. The van der Waals surface area contributed by atoms with E-state index in [1.165, 1.54) is 0 Å². The van der Waals surface area contributed by atoms with E-state index in [1.54, 1.807) is 23.7 Å². The molecule has 0 saturated carbocycles. The van der Waals surface area contributed by atoms with Crippen LogP contribution in [0.3, 0.4) is 0 Å². The summed E-state index contributed by atoms with van der Waals surface area (Å²) in [6, 6.07) is 5.11. The molecule has 7 nitrogen and oxygen atoms in total. The highest BCUT2D eigenvalue weighted by Gasteiger charge is 2.05. The summed E-state index contributed by atoms with van der Waals surface area (Å²) in [6.07, 6.45) is 2.18. The molecule has 22 heavy (non-hydrogen) atoms. The summed E-state index contributed by atoms with van der Waals surface area (Å²) in [5, 5.41) is 33.2. The molecule has 8 heteroatoms. The average molecular weight is 374 g/mol. The number of nitrogens with zero attached hydrogens (tertiary/aromatic N) is 1. The van der Waals surface area contributed by atoms with E-state index in [4.69, 9.17) is 10.4 Å². The zero-order chi connectivity index (χ0) is 16.4. The number of aromatic hydroxyl groups is 1. The molecular weight excluding hydrogens is 354 g/mol. The van der Waals surface area contributed by atoms with Crippen LogP contribution in [0, 0.1) is 0 Å². The molecule has 1 aromatic carbocycles. The average Bonchev–Trinajstić information content (AvgIpc) is 2.52. The predicted molar refractivity (Wildman–Crippen MR) is 85.4 cm³/mol. The molecule has 0 bridgehead atoms. The lowest BCUT2D eigenvalue weighted by Gasteiger charge is -2.08. The first-order valence-corrected chi connectivity index (χ1v) is 7.67. The number of carbonyl (C=O) groups excluding carboxylic acids is 1. The van der Waals surface area contributed by atoms with Gasteiger partial charge in [0, 0.05) is 19.4 Å². The van der Waals surface area contributed by atoms with E-state index < -0.39 is 5.91 Å². The fourth-order valence-corrected chi connectivity index (χ4v) is 2.28. The molecule has 0 heterocycles. The van der Waals surface area contributed by atoms with Gasteiger partial charge in [0.25, 0.3) is 0 Å². The molecule has 0 aliphatic rings. The van der Waals surface area contributed by atoms with Crippen LogP contribution in [0.1, 0.15) is 24.8 Å². The number of hydrogen-bond acceptors (Lipinski definition) is 6. The van der Waals surface area contributed by atoms with Crippen LogP contribution < -0.4 is 10.8 Å². The van der Waals surface area contributed by atoms with E-state index in [9.17, 15) is 9.90 Å². The van der Waals surface area contributed by atoms with Crippen molar-refractivity contribution >= 4 is 27.5 Å². The van der Waals surface area contributed by atoms with E-state index in [-0.39, 0.29) is 12.2 Å². The van der Waals surface area contributed by atoms with E-state index in [0.717, 1.165) is 12.0 Å². The van der Waals surface area contributed by atoms with E-state index in [1.807, 2.05) is 0 Å². The maximum absolute atomic E-state index is 10.8.